The van der Waals surface area contributed by atoms with E-state index in [0.29, 0.717) is 10.8 Å². The van der Waals surface area contributed by atoms with E-state index in [1.165, 1.54) is 12.8 Å². The van der Waals surface area contributed by atoms with E-state index in [4.69, 9.17) is 5.73 Å². The van der Waals surface area contributed by atoms with Gasteiger partial charge in [0.1, 0.15) is 0 Å². The molecule has 2 rings (SSSR count). The van der Waals surface area contributed by atoms with Gasteiger partial charge in [-0.2, -0.15) is 0 Å². The van der Waals surface area contributed by atoms with Crippen LogP contribution < -0.4 is 5.73 Å². The van der Waals surface area contributed by atoms with Crippen molar-refractivity contribution >= 4 is 0 Å². The summed E-state index contributed by atoms with van der Waals surface area (Å²) in [6.07, 6.45) is 2.53. The molecule has 76 valence electrons. The molecule has 0 aliphatic heterocycles. The molecular weight excluding hydrogens is 158 g/mol. The second-order valence-corrected chi connectivity index (χ2v) is 6.60. The molecule has 2 aliphatic carbocycles. The molecule has 2 aliphatic rings. The molecule has 0 saturated heterocycles. The average Bonchev–Trinajstić information content (AvgIpc) is 2.10. The third-order valence-electron chi connectivity index (χ3n) is 5.43. The van der Waals surface area contributed by atoms with Gasteiger partial charge in [-0.15, -0.1) is 0 Å². The van der Waals surface area contributed by atoms with E-state index >= 15 is 0 Å². The Morgan fingerprint density at radius 2 is 1.69 bits per heavy atom. The highest BCUT2D eigenvalue weighted by molar-refractivity contribution is 5.19. The predicted octanol–water partition coefficient (Wildman–Crippen LogP) is 2.80. The van der Waals surface area contributed by atoms with Crippen LogP contribution in [0.15, 0.2) is 0 Å². The van der Waals surface area contributed by atoms with Gasteiger partial charge >= 0.3 is 0 Å². The zero-order valence-electron chi connectivity index (χ0n) is 9.65. The first-order valence-electron chi connectivity index (χ1n) is 5.50. The fourth-order valence-electron chi connectivity index (χ4n) is 3.92. The lowest BCUT2D eigenvalue weighted by Crippen LogP contribution is -2.64. The first-order chi connectivity index (χ1) is 5.71. The molecule has 13 heavy (non-hydrogen) atoms. The normalized spacial score (nSPS) is 58.6. The van der Waals surface area contributed by atoms with Crippen molar-refractivity contribution in [3.05, 3.63) is 0 Å². The highest BCUT2D eigenvalue weighted by atomic mass is 14.9. The van der Waals surface area contributed by atoms with E-state index in [1.54, 1.807) is 0 Å². The van der Waals surface area contributed by atoms with Crippen LogP contribution in [0.5, 0.6) is 0 Å². The average molecular weight is 181 g/mol. The molecule has 0 heterocycles. The third kappa shape index (κ3) is 0.918. The van der Waals surface area contributed by atoms with Crippen molar-refractivity contribution in [2.75, 3.05) is 0 Å². The molecule has 2 fully saturated rings. The smallest absolute Gasteiger partial charge is 0.0186 e. The van der Waals surface area contributed by atoms with Gasteiger partial charge in [-0.3, -0.25) is 0 Å². The van der Waals surface area contributed by atoms with Gasteiger partial charge in [-0.05, 0) is 42.4 Å². The van der Waals surface area contributed by atoms with Crippen molar-refractivity contribution in [1.29, 1.82) is 0 Å². The molecule has 0 aromatic rings. The summed E-state index contributed by atoms with van der Waals surface area (Å²) in [6.45, 7) is 11.8. The van der Waals surface area contributed by atoms with Gasteiger partial charge in [0.15, 0.2) is 0 Å². The fourth-order valence-corrected chi connectivity index (χ4v) is 3.92. The molecule has 1 heteroatoms. The maximum absolute atomic E-state index is 6.32. The number of fused-ring (bicyclic) bond motifs is 1. The van der Waals surface area contributed by atoms with Crippen LogP contribution in [0.3, 0.4) is 0 Å². The van der Waals surface area contributed by atoms with E-state index in [0.717, 1.165) is 11.8 Å². The number of hydrogen-bond donors (Lipinski definition) is 1. The molecule has 4 atom stereocenters. The van der Waals surface area contributed by atoms with Crippen LogP contribution in [0.4, 0.5) is 0 Å². The van der Waals surface area contributed by atoms with Gasteiger partial charge in [-0.1, -0.05) is 27.7 Å². The van der Waals surface area contributed by atoms with Crippen molar-refractivity contribution in [2.24, 2.45) is 28.4 Å². The Balaban J connectivity index is 2.32. The molecule has 0 amide bonds. The van der Waals surface area contributed by atoms with Crippen LogP contribution in [0.25, 0.3) is 0 Å². The van der Waals surface area contributed by atoms with Gasteiger partial charge in [0.05, 0.1) is 0 Å². The second-order valence-electron chi connectivity index (χ2n) is 6.60. The summed E-state index contributed by atoms with van der Waals surface area (Å²) in [4.78, 5) is 0. The second kappa shape index (κ2) is 2.13. The van der Waals surface area contributed by atoms with E-state index in [-0.39, 0.29) is 5.54 Å². The summed E-state index contributed by atoms with van der Waals surface area (Å²) in [5.74, 6) is 1.71. The Labute approximate surface area is 82.1 Å². The lowest BCUT2D eigenvalue weighted by molar-refractivity contribution is -0.0404. The Kier molecular flexibility index (Phi) is 1.56. The van der Waals surface area contributed by atoms with Crippen LogP contribution in [0.2, 0.25) is 0 Å². The van der Waals surface area contributed by atoms with Gasteiger partial charge < -0.3 is 5.73 Å². The minimum atomic E-state index is 0.0969. The molecular formula is C12H23N. The predicted molar refractivity (Wildman–Crippen MR) is 56.4 cm³/mol. The molecule has 0 bridgehead atoms. The van der Waals surface area contributed by atoms with Crippen molar-refractivity contribution in [2.45, 2.75) is 53.0 Å². The van der Waals surface area contributed by atoms with Crippen LogP contribution in [0, 0.1) is 22.7 Å². The summed E-state index contributed by atoms with van der Waals surface area (Å²) in [6, 6.07) is 0. The highest BCUT2D eigenvalue weighted by Gasteiger charge is 2.66. The summed E-state index contributed by atoms with van der Waals surface area (Å²) in [7, 11) is 0. The first kappa shape index (κ1) is 9.51. The van der Waals surface area contributed by atoms with Crippen molar-refractivity contribution in [3.63, 3.8) is 0 Å². The molecule has 1 nitrogen and oxygen atoms in total. The molecule has 2 N–H and O–H groups in total. The fraction of sp³-hybridized carbons (Fsp3) is 1.00. The maximum Gasteiger partial charge on any atom is 0.0186 e. The number of rotatable bonds is 0. The van der Waals surface area contributed by atoms with Crippen molar-refractivity contribution in [1.82, 2.24) is 0 Å². The lowest BCUT2D eigenvalue weighted by atomic mass is 9.50. The quantitative estimate of drug-likeness (QED) is 0.611. The van der Waals surface area contributed by atoms with Gasteiger partial charge in [0.25, 0.3) is 0 Å². The van der Waals surface area contributed by atoms with Crippen LogP contribution in [-0.2, 0) is 0 Å². The first-order valence-corrected chi connectivity index (χ1v) is 5.50. The zero-order valence-corrected chi connectivity index (χ0v) is 9.65. The minimum absolute atomic E-state index is 0.0969. The lowest BCUT2D eigenvalue weighted by Gasteiger charge is -2.58. The summed E-state index contributed by atoms with van der Waals surface area (Å²) in [5.41, 5.74) is 7.33. The van der Waals surface area contributed by atoms with Crippen LogP contribution >= 0.6 is 0 Å². The van der Waals surface area contributed by atoms with Crippen molar-refractivity contribution < 1.29 is 0 Å². The van der Waals surface area contributed by atoms with Gasteiger partial charge in [0.2, 0.25) is 0 Å². The largest absolute Gasteiger partial charge is 0.325 e. The van der Waals surface area contributed by atoms with Crippen molar-refractivity contribution in [3.8, 4) is 0 Å². The number of nitrogens with two attached hydrogens (primary N) is 1. The van der Waals surface area contributed by atoms with Gasteiger partial charge in [-0.25, -0.2) is 0 Å². The van der Waals surface area contributed by atoms with E-state index < -0.39 is 0 Å². The SMILES string of the molecule is CC1C2C[C@@](C)(N)C2(C)CC1(C)C. The third-order valence-corrected chi connectivity index (χ3v) is 5.43. The Morgan fingerprint density at radius 1 is 1.15 bits per heavy atom. The van der Waals surface area contributed by atoms with E-state index in [9.17, 15) is 0 Å². The summed E-state index contributed by atoms with van der Waals surface area (Å²) < 4.78 is 0. The standard InChI is InChI=1S/C12H23N/c1-8-9-6-12(5,13)11(9,4)7-10(8,2)3/h8-9H,6-7,13H2,1-5H3/t8?,9?,11?,12-/m1/s1. The Morgan fingerprint density at radius 3 is 2.00 bits per heavy atom. The number of hydrogen-bond acceptors (Lipinski definition) is 1. The molecule has 0 aromatic carbocycles. The highest BCUT2D eigenvalue weighted by Crippen LogP contribution is 2.69. The molecule has 0 aromatic heterocycles. The maximum atomic E-state index is 6.32. The topological polar surface area (TPSA) is 26.0 Å². The van der Waals surface area contributed by atoms with Crippen LogP contribution in [0.1, 0.15) is 47.5 Å². The summed E-state index contributed by atoms with van der Waals surface area (Å²) in [5, 5.41) is 0. The Hall–Kier alpha value is -0.0400. The minimum Gasteiger partial charge on any atom is -0.325 e. The Bertz CT molecular complexity index is 242. The zero-order chi connectivity index (χ0) is 10.1. The van der Waals surface area contributed by atoms with E-state index in [1.807, 2.05) is 0 Å². The van der Waals surface area contributed by atoms with E-state index in [2.05, 4.69) is 34.6 Å². The molecule has 3 unspecified atom stereocenters. The monoisotopic (exact) mass is 181 g/mol. The molecule has 2 saturated carbocycles. The molecule has 0 spiro atoms. The van der Waals surface area contributed by atoms with Gasteiger partial charge in [0, 0.05) is 5.54 Å². The summed E-state index contributed by atoms with van der Waals surface area (Å²) >= 11 is 0. The molecule has 0 radical (unpaired) electrons. The van der Waals surface area contributed by atoms with Crippen LogP contribution in [-0.4, -0.2) is 5.54 Å².